The van der Waals surface area contributed by atoms with Crippen LogP contribution in [0.25, 0.3) is 0 Å². The number of carbonyl (C=O) groups excluding carboxylic acids is 2. The molecule has 0 bridgehead atoms. The molecule has 2 amide bonds. The highest BCUT2D eigenvalue weighted by Gasteiger charge is 2.15. The summed E-state index contributed by atoms with van der Waals surface area (Å²) in [5.41, 5.74) is 1.53. The van der Waals surface area contributed by atoms with E-state index >= 15 is 0 Å². The van der Waals surface area contributed by atoms with Gasteiger partial charge in [-0.15, -0.1) is 0 Å². The maximum atomic E-state index is 12.5. The molecule has 0 aliphatic heterocycles. The van der Waals surface area contributed by atoms with Gasteiger partial charge in [0.2, 0.25) is 11.8 Å². The van der Waals surface area contributed by atoms with E-state index in [-0.39, 0.29) is 24.7 Å². The predicted octanol–water partition coefficient (Wildman–Crippen LogP) is 2.72. The van der Waals surface area contributed by atoms with Gasteiger partial charge in [-0.1, -0.05) is 12.1 Å². The maximum absolute atomic E-state index is 12.5. The highest BCUT2D eigenvalue weighted by molar-refractivity contribution is 5.88. The SMILES string of the molecule is CC(=O)Nc1ccc(CC(=O)N(CCC#N)Cc2ccco2)cc1. The summed E-state index contributed by atoms with van der Waals surface area (Å²) >= 11 is 0. The van der Waals surface area contributed by atoms with Crippen molar-refractivity contribution < 1.29 is 14.0 Å². The molecule has 2 rings (SSSR count). The first-order chi connectivity index (χ1) is 11.6. The summed E-state index contributed by atoms with van der Waals surface area (Å²) in [6.45, 7) is 2.15. The van der Waals surface area contributed by atoms with Crippen LogP contribution in [0.2, 0.25) is 0 Å². The number of hydrogen-bond donors (Lipinski definition) is 1. The standard InChI is InChI=1S/C18H19N3O3/c1-14(22)20-16-7-5-15(6-8-16)12-18(23)21(10-3-9-19)13-17-4-2-11-24-17/h2,4-8,11H,3,10,12-13H2,1H3,(H,20,22). The number of nitrogens with one attached hydrogen (secondary N) is 1. The molecule has 1 heterocycles. The zero-order chi connectivity index (χ0) is 17.4. The molecule has 0 aliphatic rings. The molecule has 0 spiro atoms. The van der Waals surface area contributed by atoms with E-state index in [0.29, 0.717) is 24.5 Å². The van der Waals surface area contributed by atoms with Gasteiger partial charge in [0, 0.05) is 19.2 Å². The van der Waals surface area contributed by atoms with Crippen molar-refractivity contribution in [2.45, 2.75) is 26.3 Å². The van der Waals surface area contributed by atoms with Crippen LogP contribution >= 0.6 is 0 Å². The Morgan fingerprint density at radius 2 is 2.00 bits per heavy atom. The van der Waals surface area contributed by atoms with Crippen LogP contribution in [0.4, 0.5) is 5.69 Å². The summed E-state index contributed by atoms with van der Waals surface area (Å²) in [6.07, 6.45) is 2.06. The molecule has 0 fully saturated rings. The molecule has 124 valence electrons. The zero-order valence-electron chi connectivity index (χ0n) is 13.5. The van der Waals surface area contributed by atoms with Gasteiger partial charge < -0.3 is 14.6 Å². The molecular formula is C18H19N3O3. The molecule has 0 atom stereocenters. The number of nitrogens with zero attached hydrogens (tertiary/aromatic N) is 2. The van der Waals surface area contributed by atoms with E-state index in [0.717, 1.165) is 5.56 Å². The summed E-state index contributed by atoms with van der Waals surface area (Å²) in [5, 5.41) is 11.5. The number of hydrogen-bond acceptors (Lipinski definition) is 4. The van der Waals surface area contributed by atoms with Crippen LogP contribution in [0.1, 0.15) is 24.7 Å². The van der Waals surface area contributed by atoms with Crippen LogP contribution < -0.4 is 5.32 Å². The van der Waals surface area contributed by atoms with Crippen LogP contribution in [-0.2, 0) is 22.6 Å². The van der Waals surface area contributed by atoms with Gasteiger partial charge in [-0.3, -0.25) is 9.59 Å². The molecule has 1 aromatic carbocycles. The van der Waals surface area contributed by atoms with Gasteiger partial charge in [0.1, 0.15) is 5.76 Å². The third-order valence-corrected chi connectivity index (χ3v) is 3.40. The molecular weight excluding hydrogens is 306 g/mol. The second-order valence-electron chi connectivity index (χ2n) is 5.36. The second kappa shape index (κ2) is 8.53. The lowest BCUT2D eigenvalue weighted by Gasteiger charge is -2.20. The maximum Gasteiger partial charge on any atom is 0.227 e. The Balaban J connectivity index is 2.00. The molecule has 1 aromatic heterocycles. The Morgan fingerprint density at radius 3 is 2.58 bits per heavy atom. The molecule has 24 heavy (non-hydrogen) atoms. The number of anilines is 1. The summed E-state index contributed by atoms with van der Waals surface area (Å²) in [6, 6.07) is 12.8. The second-order valence-corrected chi connectivity index (χ2v) is 5.36. The first kappa shape index (κ1) is 17.3. The molecule has 6 nitrogen and oxygen atoms in total. The Hall–Kier alpha value is -3.07. The minimum atomic E-state index is -0.139. The fourth-order valence-corrected chi connectivity index (χ4v) is 2.26. The number of rotatable bonds is 7. The lowest BCUT2D eigenvalue weighted by molar-refractivity contribution is -0.131. The summed E-state index contributed by atoms with van der Waals surface area (Å²) in [5.74, 6) is 0.469. The number of nitriles is 1. The third kappa shape index (κ3) is 5.29. The first-order valence-corrected chi connectivity index (χ1v) is 7.62. The van der Waals surface area contributed by atoms with Gasteiger partial charge in [-0.25, -0.2) is 0 Å². The lowest BCUT2D eigenvalue weighted by Crippen LogP contribution is -2.32. The van der Waals surface area contributed by atoms with Crippen molar-refractivity contribution in [3.05, 3.63) is 54.0 Å². The van der Waals surface area contributed by atoms with E-state index in [1.807, 2.05) is 0 Å². The van der Waals surface area contributed by atoms with Crippen molar-refractivity contribution in [1.29, 1.82) is 5.26 Å². The molecule has 6 heteroatoms. The highest BCUT2D eigenvalue weighted by atomic mass is 16.3. The number of benzene rings is 1. The Morgan fingerprint density at radius 1 is 1.25 bits per heavy atom. The van der Waals surface area contributed by atoms with Crippen LogP contribution in [0.5, 0.6) is 0 Å². The van der Waals surface area contributed by atoms with Crippen molar-refractivity contribution in [2.75, 3.05) is 11.9 Å². The summed E-state index contributed by atoms with van der Waals surface area (Å²) in [4.78, 5) is 25.1. The minimum Gasteiger partial charge on any atom is -0.467 e. The average molecular weight is 325 g/mol. The van der Waals surface area contributed by atoms with E-state index in [9.17, 15) is 9.59 Å². The smallest absolute Gasteiger partial charge is 0.227 e. The molecule has 0 unspecified atom stereocenters. The van der Waals surface area contributed by atoms with Crippen LogP contribution in [0.15, 0.2) is 47.1 Å². The van der Waals surface area contributed by atoms with E-state index in [1.54, 1.807) is 47.6 Å². The Kier molecular flexibility index (Phi) is 6.15. The van der Waals surface area contributed by atoms with Gasteiger partial charge in [0.15, 0.2) is 0 Å². The van der Waals surface area contributed by atoms with Crippen LogP contribution in [0.3, 0.4) is 0 Å². The fourth-order valence-electron chi connectivity index (χ4n) is 2.26. The molecule has 0 saturated heterocycles. The lowest BCUT2D eigenvalue weighted by atomic mass is 10.1. The van der Waals surface area contributed by atoms with E-state index < -0.39 is 0 Å². The van der Waals surface area contributed by atoms with Crippen molar-refractivity contribution in [1.82, 2.24) is 4.90 Å². The first-order valence-electron chi connectivity index (χ1n) is 7.62. The molecule has 0 aliphatic carbocycles. The van der Waals surface area contributed by atoms with Crippen LogP contribution in [0, 0.1) is 11.3 Å². The number of carbonyl (C=O) groups is 2. The van der Waals surface area contributed by atoms with Gasteiger partial charge in [-0.2, -0.15) is 5.26 Å². The fraction of sp³-hybridized carbons (Fsp3) is 0.278. The normalized spacial score (nSPS) is 10.0. The highest BCUT2D eigenvalue weighted by Crippen LogP contribution is 2.13. The molecule has 1 N–H and O–H groups in total. The van der Waals surface area contributed by atoms with E-state index in [4.69, 9.17) is 9.68 Å². The largest absolute Gasteiger partial charge is 0.467 e. The third-order valence-electron chi connectivity index (χ3n) is 3.40. The number of furan rings is 1. The van der Waals surface area contributed by atoms with Crippen molar-refractivity contribution >= 4 is 17.5 Å². The predicted molar refractivity (Wildman–Crippen MR) is 88.8 cm³/mol. The number of amides is 2. The van der Waals surface area contributed by atoms with E-state index in [2.05, 4.69) is 11.4 Å². The minimum absolute atomic E-state index is 0.0751. The van der Waals surface area contributed by atoms with Gasteiger partial charge in [0.25, 0.3) is 0 Å². The van der Waals surface area contributed by atoms with Gasteiger partial charge in [0.05, 0.1) is 31.7 Å². The van der Waals surface area contributed by atoms with Crippen molar-refractivity contribution in [3.63, 3.8) is 0 Å². The van der Waals surface area contributed by atoms with Crippen molar-refractivity contribution in [2.24, 2.45) is 0 Å². The molecule has 0 saturated carbocycles. The summed E-state index contributed by atoms with van der Waals surface area (Å²) < 4.78 is 5.28. The van der Waals surface area contributed by atoms with Gasteiger partial charge in [-0.05, 0) is 29.8 Å². The quantitative estimate of drug-likeness (QED) is 0.848. The van der Waals surface area contributed by atoms with Crippen LogP contribution in [-0.4, -0.2) is 23.3 Å². The molecule has 0 radical (unpaired) electrons. The van der Waals surface area contributed by atoms with Gasteiger partial charge >= 0.3 is 0 Å². The van der Waals surface area contributed by atoms with Crippen molar-refractivity contribution in [3.8, 4) is 6.07 Å². The average Bonchev–Trinajstić information content (AvgIpc) is 3.05. The topological polar surface area (TPSA) is 86.3 Å². The monoisotopic (exact) mass is 325 g/mol. The summed E-state index contributed by atoms with van der Waals surface area (Å²) in [7, 11) is 0. The Labute approximate surface area is 140 Å². The molecule has 2 aromatic rings. The van der Waals surface area contributed by atoms with E-state index in [1.165, 1.54) is 6.92 Å². The Bertz CT molecular complexity index is 715. The zero-order valence-corrected chi connectivity index (χ0v) is 13.5.